The van der Waals surface area contributed by atoms with Crippen LogP contribution in [0.25, 0.3) is 0 Å². The van der Waals surface area contributed by atoms with E-state index in [1.807, 2.05) is 24.3 Å². The number of benzene rings is 2. The van der Waals surface area contributed by atoms with Gasteiger partial charge in [-0.3, -0.25) is 0 Å². The van der Waals surface area contributed by atoms with Crippen molar-refractivity contribution in [3.8, 4) is 23.0 Å². The molecular weight excluding hydrogens is 294 g/mol. The highest BCUT2D eigenvalue weighted by Gasteiger charge is 2.04. The molecule has 2 rings (SSSR count). The number of hydrogen-bond acceptors (Lipinski definition) is 5. The molecule has 0 radical (unpaired) electrons. The number of hydrogen-bond donors (Lipinski definition) is 2. The molecule has 0 aromatic heterocycles. The SMILES string of the molecule is COc1cc(OC)cc(Oc2ccc(CNCC(C)O)cc2)c1. The minimum Gasteiger partial charge on any atom is -0.496 e. The molecule has 2 aromatic rings. The quantitative estimate of drug-likeness (QED) is 0.784. The molecule has 1 unspecified atom stereocenters. The van der Waals surface area contributed by atoms with E-state index in [-0.39, 0.29) is 6.10 Å². The summed E-state index contributed by atoms with van der Waals surface area (Å²) in [6.07, 6.45) is -0.347. The zero-order valence-corrected chi connectivity index (χ0v) is 13.7. The van der Waals surface area contributed by atoms with Crippen molar-refractivity contribution in [1.29, 1.82) is 0 Å². The van der Waals surface area contributed by atoms with E-state index in [0.29, 0.717) is 30.3 Å². The normalized spacial score (nSPS) is 11.8. The number of nitrogens with one attached hydrogen (secondary N) is 1. The topological polar surface area (TPSA) is 60.0 Å². The summed E-state index contributed by atoms with van der Waals surface area (Å²) in [5, 5.41) is 12.4. The van der Waals surface area contributed by atoms with Crippen LogP contribution < -0.4 is 19.5 Å². The van der Waals surface area contributed by atoms with E-state index >= 15 is 0 Å². The Morgan fingerprint density at radius 1 is 0.913 bits per heavy atom. The molecule has 0 saturated heterocycles. The van der Waals surface area contributed by atoms with Gasteiger partial charge < -0.3 is 24.6 Å². The third kappa shape index (κ3) is 5.47. The lowest BCUT2D eigenvalue weighted by atomic mass is 10.2. The summed E-state index contributed by atoms with van der Waals surface area (Å²) in [5.74, 6) is 2.75. The first-order chi connectivity index (χ1) is 11.1. The third-order valence-corrected chi connectivity index (χ3v) is 3.25. The molecule has 0 aliphatic heterocycles. The van der Waals surface area contributed by atoms with Gasteiger partial charge in [0.1, 0.15) is 23.0 Å². The van der Waals surface area contributed by atoms with Gasteiger partial charge in [0.05, 0.1) is 20.3 Å². The molecule has 1 atom stereocenters. The van der Waals surface area contributed by atoms with Crippen LogP contribution in [-0.4, -0.2) is 32.0 Å². The Kier molecular flexibility index (Phi) is 6.26. The Morgan fingerprint density at radius 3 is 2.00 bits per heavy atom. The second-order valence-electron chi connectivity index (χ2n) is 5.27. The smallest absolute Gasteiger partial charge is 0.134 e. The Bertz CT molecular complexity index is 589. The summed E-state index contributed by atoms with van der Waals surface area (Å²) in [7, 11) is 3.21. The summed E-state index contributed by atoms with van der Waals surface area (Å²) in [5.41, 5.74) is 1.13. The van der Waals surface area contributed by atoms with Gasteiger partial charge in [0.15, 0.2) is 0 Å². The molecule has 0 spiro atoms. The van der Waals surface area contributed by atoms with Crippen LogP contribution in [0.5, 0.6) is 23.0 Å². The van der Waals surface area contributed by atoms with E-state index in [1.54, 1.807) is 39.3 Å². The molecule has 0 fully saturated rings. The van der Waals surface area contributed by atoms with E-state index in [9.17, 15) is 5.11 Å². The van der Waals surface area contributed by atoms with Gasteiger partial charge in [-0.2, -0.15) is 0 Å². The maximum absolute atomic E-state index is 9.22. The number of aliphatic hydroxyl groups excluding tert-OH is 1. The molecule has 124 valence electrons. The van der Waals surface area contributed by atoms with Crippen molar-refractivity contribution < 1.29 is 19.3 Å². The van der Waals surface area contributed by atoms with Crippen LogP contribution >= 0.6 is 0 Å². The van der Waals surface area contributed by atoms with E-state index in [1.165, 1.54) is 0 Å². The van der Waals surface area contributed by atoms with Gasteiger partial charge in [-0.1, -0.05) is 12.1 Å². The number of rotatable bonds is 8. The second kappa shape index (κ2) is 8.41. The average molecular weight is 317 g/mol. The first-order valence-electron chi connectivity index (χ1n) is 7.49. The van der Waals surface area contributed by atoms with Crippen LogP contribution in [-0.2, 0) is 6.54 Å². The lowest BCUT2D eigenvalue weighted by Gasteiger charge is -2.11. The summed E-state index contributed by atoms with van der Waals surface area (Å²) in [6.45, 7) is 3.03. The van der Waals surface area contributed by atoms with Crippen LogP contribution in [0.4, 0.5) is 0 Å². The predicted molar refractivity (Wildman–Crippen MR) is 89.4 cm³/mol. The maximum Gasteiger partial charge on any atom is 0.134 e. The lowest BCUT2D eigenvalue weighted by molar-refractivity contribution is 0.191. The largest absolute Gasteiger partial charge is 0.496 e. The Labute approximate surface area is 136 Å². The van der Waals surface area contributed by atoms with Gasteiger partial charge in [0.25, 0.3) is 0 Å². The van der Waals surface area contributed by atoms with E-state index in [4.69, 9.17) is 14.2 Å². The molecule has 0 aliphatic rings. The van der Waals surface area contributed by atoms with Crippen molar-refractivity contribution in [3.05, 3.63) is 48.0 Å². The highest BCUT2D eigenvalue weighted by atomic mass is 16.5. The fraction of sp³-hybridized carbons (Fsp3) is 0.333. The standard InChI is InChI=1S/C18H23NO4/c1-13(20)11-19-12-14-4-6-15(7-5-14)23-18-9-16(21-2)8-17(10-18)22-3/h4-10,13,19-20H,11-12H2,1-3H3. The van der Waals surface area contributed by atoms with Crippen molar-refractivity contribution >= 4 is 0 Å². The van der Waals surface area contributed by atoms with Crippen molar-refractivity contribution in [2.45, 2.75) is 19.6 Å². The highest BCUT2D eigenvalue weighted by Crippen LogP contribution is 2.30. The Balaban J connectivity index is 2.00. The number of aliphatic hydroxyl groups is 1. The first kappa shape index (κ1) is 17.1. The number of ether oxygens (including phenoxy) is 3. The molecule has 0 bridgehead atoms. The summed E-state index contributed by atoms with van der Waals surface area (Å²) < 4.78 is 16.3. The average Bonchev–Trinajstić information content (AvgIpc) is 2.55. The molecule has 2 aromatic carbocycles. The molecule has 5 heteroatoms. The van der Waals surface area contributed by atoms with Crippen molar-refractivity contribution in [1.82, 2.24) is 5.32 Å². The van der Waals surface area contributed by atoms with E-state index in [0.717, 1.165) is 11.3 Å². The van der Waals surface area contributed by atoms with Crippen LogP contribution in [0.3, 0.4) is 0 Å². The molecule has 23 heavy (non-hydrogen) atoms. The molecule has 2 N–H and O–H groups in total. The van der Waals surface area contributed by atoms with Crippen molar-refractivity contribution in [2.24, 2.45) is 0 Å². The van der Waals surface area contributed by atoms with E-state index < -0.39 is 0 Å². The van der Waals surface area contributed by atoms with Gasteiger partial charge in [-0.05, 0) is 24.6 Å². The third-order valence-electron chi connectivity index (χ3n) is 3.25. The van der Waals surface area contributed by atoms with Crippen molar-refractivity contribution in [2.75, 3.05) is 20.8 Å². The Hall–Kier alpha value is -2.24. The molecule has 0 aliphatic carbocycles. The maximum atomic E-state index is 9.22. The zero-order chi connectivity index (χ0) is 16.7. The van der Waals surface area contributed by atoms with Crippen LogP contribution in [0.2, 0.25) is 0 Å². The summed E-state index contributed by atoms with van der Waals surface area (Å²) >= 11 is 0. The fourth-order valence-electron chi connectivity index (χ4n) is 2.08. The van der Waals surface area contributed by atoms with Gasteiger partial charge in [-0.15, -0.1) is 0 Å². The molecule has 0 saturated carbocycles. The van der Waals surface area contributed by atoms with E-state index in [2.05, 4.69) is 5.32 Å². The van der Waals surface area contributed by atoms with Crippen molar-refractivity contribution in [3.63, 3.8) is 0 Å². The minimum atomic E-state index is -0.347. The monoisotopic (exact) mass is 317 g/mol. The second-order valence-corrected chi connectivity index (χ2v) is 5.27. The summed E-state index contributed by atoms with van der Waals surface area (Å²) in [4.78, 5) is 0. The predicted octanol–water partition coefficient (Wildman–Crippen LogP) is 2.97. The van der Waals surface area contributed by atoms with Crippen LogP contribution in [0.15, 0.2) is 42.5 Å². The lowest BCUT2D eigenvalue weighted by Crippen LogP contribution is -2.23. The zero-order valence-electron chi connectivity index (χ0n) is 13.7. The van der Waals surface area contributed by atoms with Gasteiger partial charge in [0.2, 0.25) is 0 Å². The Morgan fingerprint density at radius 2 is 1.48 bits per heavy atom. The molecule has 0 amide bonds. The molecular formula is C18H23NO4. The molecule has 5 nitrogen and oxygen atoms in total. The fourth-order valence-corrected chi connectivity index (χ4v) is 2.08. The van der Waals surface area contributed by atoms with Crippen LogP contribution in [0.1, 0.15) is 12.5 Å². The van der Waals surface area contributed by atoms with Gasteiger partial charge in [-0.25, -0.2) is 0 Å². The highest BCUT2D eigenvalue weighted by molar-refractivity contribution is 5.44. The van der Waals surface area contributed by atoms with Crippen LogP contribution in [0, 0.1) is 0 Å². The van der Waals surface area contributed by atoms with Gasteiger partial charge >= 0.3 is 0 Å². The number of methoxy groups -OCH3 is 2. The molecule has 0 heterocycles. The van der Waals surface area contributed by atoms with Gasteiger partial charge in [0, 0.05) is 31.3 Å². The summed E-state index contributed by atoms with van der Waals surface area (Å²) in [6, 6.07) is 13.2. The first-order valence-corrected chi connectivity index (χ1v) is 7.49. The minimum absolute atomic E-state index is 0.347.